The van der Waals surface area contributed by atoms with Crippen LogP contribution in [0, 0.1) is 0 Å². The van der Waals surface area contributed by atoms with Crippen LogP contribution in [0.15, 0.2) is 0 Å². The summed E-state index contributed by atoms with van der Waals surface area (Å²) in [6, 6.07) is 0. The van der Waals surface area contributed by atoms with Gasteiger partial charge in [-0.2, -0.15) is 4.31 Å². The number of hydrogen-bond donors (Lipinski definition) is 1. The van der Waals surface area contributed by atoms with Gasteiger partial charge >= 0.3 is 5.97 Å². The molecular weight excluding hydrogens is 260 g/mol. The number of piperazine rings is 1. The molecule has 0 aromatic carbocycles. The first-order chi connectivity index (χ1) is 8.15. The van der Waals surface area contributed by atoms with E-state index in [1.807, 2.05) is 0 Å². The van der Waals surface area contributed by atoms with Gasteiger partial charge in [-0.1, -0.05) is 0 Å². The van der Waals surface area contributed by atoms with Crippen molar-refractivity contribution in [3.63, 3.8) is 0 Å². The zero-order valence-electron chi connectivity index (χ0n) is 10.9. The largest absolute Gasteiger partial charge is 0.468 e. The molecule has 0 bridgehead atoms. The second-order valence-electron chi connectivity index (χ2n) is 4.60. The molecule has 1 aliphatic heterocycles. The Kier molecular flexibility index (Phi) is 4.02. The van der Waals surface area contributed by atoms with E-state index in [-0.39, 0.29) is 19.0 Å². The van der Waals surface area contributed by atoms with E-state index in [0.717, 1.165) is 11.4 Å². The van der Waals surface area contributed by atoms with Crippen LogP contribution in [0.1, 0.15) is 20.8 Å². The second kappa shape index (κ2) is 4.85. The maximum atomic E-state index is 12.3. The highest BCUT2D eigenvalue weighted by Crippen LogP contribution is 2.24. The smallest absolute Gasteiger partial charge is 0.325 e. The third-order valence-electron chi connectivity index (χ3n) is 3.07. The second-order valence-corrected chi connectivity index (χ2v) is 6.78. The zero-order valence-corrected chi connectivity index (χ0v) is 11.7. The van der Waals surface area contributed by atoms with Crippen molar-refractivity contribution in [3.05, 3.63) is 0 Å². The number of nitrogens with zero attached hydrogens (tertiary/aromatic N) is 1. The van der Waals surface area contributed by atoms with Crippen molar-refractivity contribution in [2.45, 2.75) is 31.6 Å². The van der Waals surface area contributed by atoms with Crippen molar-refractivity contribution in [2.24, 2.45) is 0 Å². The molecule has 0 aliphatic carbocycles. The Balaban J connectivity index is 3.12. The van der Waals surface area contributed by atoms with Crippen LogP contribution in [0.4, 0.5) is 0 Å². The lowest BCUT2D eigenvalue weighted by molar-refractivity contribution is -0.140. The Morgan fingerprint density at radius 1 is 1.50 bits per heavy atom. The van der Waals surface area contributed by atoms with Crippen LogP contribution in [0.25, 0.3) is 0 Å². The summed E-state index contributed by atoms with van der Waals surface area (Å²) in [5.41, 5.74) is -1.21. The molecule has 0 saturated carbocycles. The van der Waals surface area contributed by atoms with E-state index in [2.05, 4.69) is 10.1 Å². The summed E-state index contributed by atoms with van der Waals surface area (Å²) >= 11 is 0. The number of hydrogen-bond acceptors (Lipinski definition) is 5. The molecule has 0 aromatic heterocycles. The molecule has 8 heteroatoms. The molecule has 0 spiro atoms. The molecule has 1 saturated heterocycles. The molecule has 1 amide bonds. The summed E-state index contributed by atoms with van der Waals surface area (Å²) in [6.45, 7) is 4.63. The molecule has 18 heavy (non-hydrogen) atoms. The van der Waals surface area contributed by atoms with Crippen molar-refractivity contribution >= 4 is 21.9 Å². The molecule has 1 heterocycles. The Morgan fingerprint density at radius 2 is 2.06 bits per heavy atom. The minimum Gasteiger partial charge on any atom is -0.468 e. The van der Waals surface area contributed by atoms with Crippen LogP contribution >= 0.6 is 0 Å². The first-order valence-electron chi connectivity index (χ1n) is 5.53. The first kappa shape index (κ1) is 14.9. The van der Waals surface area contributed by atoms with Crippen LogP contribution in [-0.4, -0.2) is 55.6 Å². The van der Waals surface area contributed by atoms with Gasteiger partial charge in [0.2, 0.25) is 15.9 Å². The molecule has 0 radical (unpaired) electrons. The first-order valence-corrected chi connectivity index (χ1v) is 7.03. The normalized spacial score (nSPS) is 22.1. The van der Waals surface area contributed by atoms with E-state index in [1.54, 1.807) is 0 Å². The highest BCUT2D eigenvalue weighted by molar-refractivity contribution is 7.90. The number of carbonyl (C=O) groups is 2. The predicted molar refractivity (Wildman–Crippen MR) is 64.2 cm³/mol. The van der Waals surface area contributed by atoms with Gasteiger partial charge < -0.3 is 10.1 Å². The van der Waals surface area contributed by atoms with Gasteiger partial charge in [-0.15, -0.1) is 0 Å². The summed E-state index contributed by atoms with van der Waals surface area (Å²) in [5.74, 6) is -1.22. The van der Waals surface area contributed by atoms with Gasteiger partial charge in [0.15, 0.2) is 5.25 Å². The SMILES string of the molecule is COC(=O)C(C)S(=O)(=O)N1CCNC(=O)C1(C)C. The third-order valence-corrected chi connectivity index (χ3v) is 5.41. The third kappa shape index (κ3) is 2.35. The summed E-state index contributed by atoms with van der Waals surface area (Å²) in [4.78, 5) is 23.1. The molecular formula is C10H18N2O5S. The Labute approximate surface area is 107 Å². The van der Waals surface area contributed by atoms with Crippen LogP contribution in [-0.2, 0) is 24.3 Å². The molecule has 1 fully saturated rings. The van der Waals surface area contributed by atoms with E-state index >= 15 is 0 Å². The number of amides is 1. The number of rotatable bonds is 3. The van der Waals surface area contributed by atoms with E-state index < -0.39 is 26.8 Å². The molecule has 0 aromatic rings. The lowest BCUT2D eigenvalue weighted by Crippen LogP contribution is -2.64. The standard InChI is InChI=1S/C10H18N2O5S/c1-7(8(13)17-4)18(15,16)12-6-5-11-9(14)10(12,2)3/h7H,5-6H2,1-4H3,(H,11,14). The van der Waals surface area contributed by atoms with Gasteiger partial charge in [-0.3, -0.25) is 9.59 Å². The highest BCUT2D eigenvalue weighted by atomic mass is 32.2. The number of nitrogens with one attached hydrogen (secondary N) is 1. The van der Waals surface area contributed by atoms with Crippen molar-refractivity contribution < 1.29 is 22.7 Å². The van der Waals surface area contributed by atoms with E-state index in [9.17, 15) is 18.0 Å². The minimum absolute atomic E-state index is 0.141. The quantitative estimate of drug-likeness (QED) is 0.675. The average Bonchev–Trinajstić information content (AvgIpc) is 2.30. The molecule has 1 rings (SSSR count). The highest BCUT2D eigenvalue weighted by Gasteiger charge is 2.47. The van der Waals surface area contributed by atoms with Crippen LogP contribution < -0.4 is 5.32 Å². The number of sulfonamides is 1. The fourth-order valence-electron chi connectivity index (χ4n) is 1.80. The number of esters is 1. The molecule has 1 aliphatic rings. The summed E-state index contributed by atoms with van der Waals surface area (Å²) in [7, 11) is -2.79. The van der Waals surface area contributed by atoms with Crippen molar-refractivity contribution in [2.75, 3.05) is 20.2 Å². The summed E-state index contributed by atoms with van der Waals surface area (Å²) in [5, 5.41) is 1.27. The predicted octanol–water partition coefficient (Wildman–Crippen LogP) is -0.912. The zero-order chi connectivity index (χ0) is 14.1. The van der Waals surface area contributed by atoms with Crippen LogP contribution in [0.5, 0.6) is 0 Å². The summed E-state index contributed by atoms with van der Waals surface area (Å²) < 4.78 is 30.1. The Morgan fingerprint density at radius 3 is 2.56 bits per heavy atom. The lowest BCUT2D eigenvalue weighted by Gasteiger charge is -2.40. The average molecular weight is 278 g/mol. The number of carbonyl (C=O) groups excluding carboxylic acids is 2. The van der Waals surface area contributed by atoms with E-state index in [1.165, 1.54) is 20.8 Å². The monoisotopic (exact) mass is 278 g/mol. The van der Waals surface area contributed by atoms with Crippen LogP contribution in [0.2, 0.25) is 0 Å². The van der Waals surface area contributed by atoms with Crippen molar-refractivity contribution in [3.8, 4) is 0 Å². The molecule has 104 valence electrons. The van der Waals surface area contributed by atoms with Gasteiger partial charge in [0.1, 0.15) is 5.54 Å². The van der Waals surface area contributed by atoms with Gasteiger partial charge in [-0.25, -0.2) is 8.42 Å². The van der Waals surface area contributed by atoms with Gasteiger partial charge in [-0.05, 0) is 20.8 Å². The topological polar surface area (TPSA) is 92.8 Å². The minimum atomic E-state index is -3.92. The van der Waals surface area contributed by atoms with Crippen molar-refractivity contribution in [1.29, 1.82) is 0 Å². The van der Waals surface area contributed by atoms with Crippen molar-refractivity contribution in [1.82, 2.24) is 9.62 Å². The number of methoxy groups -OCH3 is 1. The van der Waals surface area contributed by atoms with Gasteiger partial charge in [0.05, 0.1) is 7.11 Å². The van der Waals surface area contributed by atoms with Crippen LogP contribution in [0.3, 0.4) is 0 Å². The Bertz CT molecular complexity index is 457. The molecule has 1 N–H and O–H groups in total. The molecule has 1 atom stereocenters. The van der Waals surface area contributed by atoms with Gasteiger partial charge in [0.25, 0.3) is 0 Å². The molecule has 7 nitrogen and oxygen atoms in total. The lowest BCUT2D eigenvalue weighted by atomic mass is 10.0. The van der Waals surface area contributed by atoms with Gasteiger partial charge in [0, 0.05) is 13.1 Å². The maximum absolute atomic E-state index is 12.3. The molecule has 1 unspecified atom stereocenters. The Hall–Kier alpha value is -1.15. The fraction of sp³-hybridized carbons (Fsp3) is 0.800. The maximum Gasteiger partial charge on any atom is 0.325 e. The van der Waals surface area contributed by atoms with E-state index in [0.29, 0.717) is 0 Å². The number of ether oxygens (including phenoxy) is 1. The van der Waals surface area contributed by atoms with E-state index in [4.69, 9.17) is 0 Å². The summed E-state index contributed by atoms with van der Waals surface area (Å²) in [6.07, 6.45) is 0. The fourth-order valence-corrected chi connectivity index (χ4v) is 3.59.